The van der Waals surface area contributed by atoms with E-state index in [1.54, 1.807) is 0 Å². The van der Waals surface area contributed by atoms with Gasteiger partial charge >= 0.3 is 0 Å². The van der Waals surface area contributed by atoms with Crippen molar-refractivity contribution in [3.8, 4) is 0 Å². The highest BCUT2D eigenvalue weighted by Crippen LogP contribution is 2.36. The van der Waals surface area contributed by atoms with Crippen molar-refractivity contribution in [1.82, 2.24) is 15.2 Å². The SMILES string of the molecule is CCNc1nnc(C2CCCc3cccnc32)c(C)c1C. The van der Waals surface area contributed by atoms with Crippen LogP contribution in [0.1, 0.15) is 53.8 Å². The molecule has 1 atom stereocenters. The molecule has 0 aliphatic heterocycles. The lowest BCUT2D eigenvalue weighted by Crippen LogP contribution is -2.17. The van der Waals surface area contributed by atoms with Crippen LogP contribution in [0.2, 0.25) is 0 Å². The molecule has 0 amide bonds. The van der Waals surface area contributed by atoms with Crippen LogP contribution in [0.25, 0.3) is 0 Å². The Morgan fingerprint density at radius 1 is 1.19 bits per heavy atom. The van der Waals surface area contributed by atoms with E-state index in [0.717, 1.165) is 30.9 Å². The Bertz CT molecular complexity index is 651. The van der Waals surface area contributed by atoms with Gasteiger partial charge in [-0.2, -0.15) is 5.10 Å². The van der Waals surface area contributed by atoms with E-state index in [2.05, 4.69) is 47.3 Å². The molecule has 1 N–H and O–H groups in total. The average molecular weight is 282 g/mol. The second kappa shape index (κ2) is 5.80. The van der Waals surface area contributed by atoms with E-state index in [-0.39, 0.29) is 5.92 Å². The van der Waals surface area contributed by atoms with Gasteiger partial charge in [0.05, 0.1) is 11.4 Å². The van der Waals surface area contributed by atoms with Crippen molar-refractivity contribution < 1.29 is 0 Å². The maximum Gasteiger partial charge on any atom is 0.151 e. The van der Waals surface area contributed by atoms with Gasteiger partial charge in [0.2, 0.25) is 0 Å². The van der Waals surface area contributed by atoms with Crippen molar-refractivity contribution in [2.45, 2.75) is 46.0 Å². The molecular weight excluding hydrogens is 260 g/mol. The number of aryl methyl sites for hydroxylation is 1. The normalized spacial score (nSPS) is 17.4. The lowest BCUT2D eigenvalue weighted by molar-refractivity contribution is 0.578. The Morgan fingerprint density at radius 2 is 2.05 bits per heavy atom. The van der Waals surface area contributed by atoms with Crippen LogP contribution in [0.15, 0.2) is 18.3 Å². The molecule has 2 heterocycles. The largest absolute Gasteiger partial charge is 0.369 e. The summed E-state index contributed by atoms with van der Waals surface area (Å²) in [7, 11) is 0. The first-order valence-electron chi connectivity index (χ1n) is 7.73. The highest BCUT2D eigenvalue weighted by molar-refractivity contribution is 5.49. The summed E-state index contributed by atoms with van der Waals surface area (Å²) in [6.07, 6.45) is 5.32. The Morgan fingerprint density at radius 3 is 2.86 bits per heavy atom. The van der Waals surface area contributed by atoms with Crippen molar-refractivity contribution in [1.29, 1.82) is 0 Å². The van der Waals surface area contributed by atoms with Crippen LogP contribution in [0.4, 0.5) is 5.82 Å². The molecule has 1 aliphatic rings. The van der Waals surface area contributed by atoms with Crippen LogP contribution in [-0.4, -0.2) is 21.7 Å². The summed E-state index contributed by atoms with van der Waals surface area (Å²) in [6, 6.07) is 4.22. The van der Waals surface area contributed by atoms with Crippen LogP contribution < -0.4 is 5.32 Å². The van der Waals surface area contributed by atoms with E-state index in [1.165, 1.54) is 28.8 Å². The summed E-state index contributed by atoms with van der Waals surface area (Å²) in [6.45, 7) is 7.21. The number of aromatic nitrogens is 3. The van der Waals surface area contributed by atoms with Gasteiger partial charge in [0.15, 0.2) is 5.82 Å². The molecule has 4 nitrogen and oxygen atoms in total. The second-order valence-corrected chi connectivity index (χ2v) is 5.71. The van der Waals surface area contributed by atoms with Crippen molar-refractivity contribution in [3.63, 3.8) is 0 Å². The summed E-state index contributed by atoms with van der Waals surface area (Å²) in [5.74, 6) is 1.19. The van der Waals surface area contributed by atoms with E-state index in [1.807, 2.05) is 12.3 Å². The number of hydrogen-bond acceptors (Lipinski definition) is 4. The number of nitrogens with one attached hydrogen (secondary N) is 1. The van der Waals surface area contributed by atoms with Crippen LogP contribution >= 0.6 is 0 Å². The maximum atomic E-state index is 4.62. The molecule has 0 saturated heterocycles. The Hall–Kier alpha value is -1.97. The highest BCUT2D eigenvalue weighted by Gasteiger charge is 2.26. The van der Waals surface area contributed by atoms with Gasteiger partial charge in [-0.15, -0.1) is 5.10 Å². The molecule has 1 aliphatic carbocycles. The van der Waals surface area contributed by atoms with Gasteiger partial charge in [-0.1, -0.05) is 6.07 Å². The van der Waals surface area contributed by atoms with Crippen molar-refractivity contribution >= 4 is 5.82 Å². The molecule has 21 heavy (non-hydrogen) atoms. The molecule has 1 unspecified atom stereocenters. The lowest BCUT2D eigenvalue weighted by atomic mass is 9.83. The Kier molecular flexibility index (Phi) is 3.86. The average Bonchev–Trinajstić information content (AvgIpc) is 2.52. The first-order valence-corrected chi connectivity index (χ1v) is 7.73. The zero-order valence-electron chi connectivity index (χ0n) is 13.0. The van der Waals surface area contributed by atoms with Crippen molar-refractivity contribution in [2.75, 3.05) is 11.9 Å². The van der Waals surface area contributed by atoms with Crippen molar-refractivity contribution in [2.24, 2.45) is 0 Å². The summed E-state index contributed by atoms with van der Waals surface area (Å²) in [4.78, 5) is 4.62. The van der Waals surface area contributed by atoms with Gasteiger partial charge in [0.25, 0.3) is 0 Å². The number of anilines is 1. The molecule has 0 saturated carbocycles. The van der Waals surface area contributed by atoms with Gasteiger partial charge in [-0.25, -0.2) is 0 Å². The minimum absolute atomic E-state index is 0.289. The zero-order valence-corrected chi connectivity index (χ0v) is 13.0. The molecule has 0 bridgehead atoms. The third kappa shape index (κ3) is 2.50. The third-order valence-corrected chi connectivity index (χ3v) is 4.43. The lowest BCUT2D eigenvalue weighted by Gasteiger charge is -2.25. The second-order valence-electron chi connectivity index (χ2n) is 5.71. The maximum absolute atomic E-state index is 4.62. The topological polar surface area (TPSA) is 50.7 Å². The van der Waals surface area contributed by atoms with Crippen LogP contribution in [0.5, 0.6) is 0 Å². The van der Waals surface area contributed by atoms with E-state index in [4.69, 9.17) is 0 Å². The molecule has 0 fully saturated rings. The van der Waals surface area contributed by atoms with Crippen LogP contribution in [0.3, 0.4) is 0 Å². The molecule has 3 rings (SSSR count). The zero-order chi connectivity index (χ0) is 14.8. The standard InChI is InChI=1S/C17H22N4/c1-4-18-17-12(3)11(2)15(20-21-17)14-9-5-7-13-8-6-10-19-16(13)14/h6,8,10,14H,4-5,7,9H2,1-3H3,(H,18,21). The molecular formula is C17H22N4. The number of fused-ring (bicyclic) bond motifs is 1. The van der Waals surface area contributed by atoms with Gasteiger partial charge < -0.3 is 5.32 Å². The van der Waals surface area contributed by atoms with E-state index in [0.29, 0.717) is 0 Å². The van der Waals surface area contributed by atoms with Gasteiger partial charge in [-0.05, 0) is 62.8 Å². The smallest absolute Gasteiger partial charge is 0.151 e. The summed E-state index contributed by atoms with van der Waals surface area (Å²) < 4.78 is 0. The molecule has 2 aromatic rings. The molecule has 0 radical (unpaired) electrons. The molecule has 0 spiro atoms. The number of hydrogen-bond donors (Lipinski definition) is 1. The first-order chi connectivity index (χ1) is 10.2. The number of pyridine rings is 1. The van der Waals surface area contributed by atoms with Crippen molar-refractivity contribution in [3.05, 3.63) is 46.4 Å². The van der Waals surface area contributed by atoms with Crippen LogP contribution in [0, 0.1) is 13.8 Å². The quantitative estimate of drug-likeness (QED) is 0.937. The summed E-state index contributed by atoms with van der Waals surface area (Å²) in [5, 5.41) is 12.2. The number of nitrogens with zero attached hydrogens (tertiary/aromatic N) is 3. The summed E-state index contributed by atoms with van der Waals surface area (Å²) >= 11 is 0. The Balaban J connectivity index is 2.04. The third-order valence-electron chi connectivity index (χ3n) is 4.43. The molecule has 4 heteroatoms. The molecule has 0 aromatic carbocycles. The molecule has 2 aromatic heterocycles. The summed E-state index contributed by atoms with van der Waals surface area (Å²) in [5.41, 5.74) is 6.09. The predicted octanol–water partition coefficient (Wildman–Crippen LogP) is 3.39. The van der Waals surface area contributed by atoms with E-state index in [9.17, 15) is 0 Å². The minimum Gasteiger partial charge on any atom is -0.369 e. The fourth-order valence-corrected chi connectivity index (χ4v) is 3.17. The van der Waals surface area contributed by atoms with Gasteiger partial charge in [-0.3, -0.25) is 4.98 Å². The highest BCUT2D eigenvalue weighted by atomic mass is 15.2. The fraction of sp³-hybridized carbons (Fsp3) is 0.471. The fourth-order valence-electron chi connectivity index (χ4n) is 3.17. The Labute approximate surface area is 126 Å². The van der Waals surface area contributed by atoms with Crippen LogP contribution in [-0.2, 0) is 6.42 Å². The first kappa shape index (κ1) is 14.0. The monoisotopic (exact) mass is 282 g/mol. The number of rotatable bonds is 3. The molecule has 110 valence electrons. The predicted molar refractivity (Wildman–Crippen MR) is 84.7 cm³/mol. The van der Waals surface area contributed by atoms with E-state index < -0.39 is 0 Å². The minimum atomic E-state index is 0.289. The van der Waals surface area contributed by atoms with Gasteiger partial charge in [0, 0.05) is 18.7 Å². The van der Waals surface area contributed by atoms with Gasteiger partial charge in [0.1, 0.15) is 0 Å². The van der Waals surface area contributed by atoms with E-state index >= 15 is 0 Å².